The molecule has 126 valence electrons. The largest absolute Gasteiger partial charge is 0.478 e. The fourth-order valence-electron chi connectivity index (χ4n) is 2.56. The Hall–Kier alpha value is -3.87. The van der Waals surface area contributed by atoms with Gasteiger partial charge in [0.15, 0.2) is 11.7 Å². The number of carboxylic acids is 1. The van der Waals surface area contributed by atoms with Crippen LogP contribution < -0.4 is 5.32 Å². The van der Waals surface area contributed by atoms with Gasteiger partial charge in [-0.15, -0.1) is 0 Å². The van der Waals surface area contributed by atoms with E-state index in [1.54, 1.807) is 42.7 Å². The maximum absolute atomic E-state index is 11.3. The van der Waals surface area contributed by atoms with Gasteiger partial charge in [-0.2, -0.15) is 0 Å². The highest BCUT2D eigenvalue weighted by molar-refractivity contribution is 6.26. The van der Waals surface area contributed by atoms with Crippen LogP contribution >= 0.6 is 0 Å². The summed E-state index contributed by atoms with van der Waals surface area (Å²) in [6.45, 7) is 0. The first-order chi connectivity index (χ1) is 12.7. The smallest absolute Gasteiger partial charge is 0.335 e. The summed E-state index contributed by atoms with van der Waals surface area (Å²) in [6, 6.07) is 15.7. The zero-order chi connectivity index (χ0) is 17.9. The van der Waals surface area contributed by atoms with Crippen molar-refractivity contribution in [1.29, 1.82) is 0 Å². The number of benzene rings is 1. The summed E-state index contributed by atoms with van der Waals surface area (Å²) in [6.07, 6.45) is 3.31. The van der Waals surface area contributed by atoms with E-state index >= 15 is 0 Å². The Morgan fingerprint density at radius 1 is 0.962 bits per heavy atom. The van der Waals surface area contributed by atoms with E-state index in [2.05, 4.69) is 25.3 Å². The molecule has 0 aliphatic carbocycles. The minimum atomic E-state index is -1.00. The topological polar surface area (TPSA) is 99.8 Å². The van der Waals surface area contributed by atoms with Gasteiger partial charge in [0.2, 0.25) is 0 Å². The SMILES string of the molecule is O=C(O)c1ccc2c(c1)/C(=N\c1ccccn1)N=C2Nc1ccccn1. The number of aromatic nitrogens is 2. The number of hydrogen-bond donors (Lipinski definition) is 2. The monoisotopic (exact) mass is 343 g/mol. The first-order valence-corrected chi connectivity index (χ1v) is 7.85. The Morgan fingerprint density at radius 3 is 2.46 bits per heavy atom. The minimum absolute atomic E-state index is 0.173. The van der Waals surface area contributed by atoms with Gasteiger partial charge >= 0.3 is 5.97 Å². The van der Waals surface area contributed by atoms with Crippen molar-refractivity contribution in [3.63, 3.8) is 0 Å². The number of carboxylic acid groups (broad SMARTS) is 1. The van der Waals surface area contributed by atoms with Crippen molar-refractivity contribution in [2.75, 3.05) is 5.32 Å². The van der Waals surface area contributed by atoms with E-state index in [-0.39, 0.29) is 5.56 Å². The van der Waals surface area contributed by atoms with Crippen LogP contribution in [0.4, 0.5) is 11.6 Å². The summed E-state index contributed by atoms with van der Waals surface area (Å²) in [5, 5.41) is 12.4. The Morgan fingerprint density at radius 2 is 1.77 bits per heavy atom. The lowest BCUT2D eigenvalue weighted by Crippen LogP contribution is -2.12. The highest BCUT2D eigenvalue weighted by Gasteiger charge is 2.24. The number of amidine groups is 2. The van der Waals surface area contributed by atoms with Crippen LogP contribution in [0.25, 0.3) is 0 Å². The van der Waals surface area contributed by atoms with Crippen LogP contribution in [0.3, 0.4) is 0 Å². The summed E-state index contributed by atoms with van der Waals surface area (Å²) < 4.78 is 0. The standard InChI is InChI=1S/C19H13N5O2/c25-19(26)12-7-8-13-14(11-12)18(23-16-6-2-4-10-21-16)24-17(13)22-15-5-1-3-9-20-15/h1-11H,(H,25,26)(H,20,21,22,23,24). The number of hydrogen-bond acceptors (Lipinski definition) is 5. The van der Waals surface area contributed by atoms with Gasteiger partial charge in [-0.25, -0.2) is 24.7 Å². The number of aromatic carboxylic acids is 1. The lowest BCUT2D eigenvalue weighted by molar-refractivity contribution is 0.0697. The summed E-state index contributed by atoms with van der Waals surface area (Å²) in [7, 11) is 0. The van der Waals surface area contributed by atoms with Gasteiger partial charge in [0.25, 0.3) is 0 Å². The van der Waals surface area contributed by atoms with Crippen molar-refractivity contribution < 1.29 is 9.90 Å². The van der Waals surface area contributed by atoms with Gasteiger partial charge in [-0.1, -0.05) is 12.1 Å². The minimum Gasteiger partial charge on any atom is -0.478 e. The van der Waals surface area contributed by atoms with Crippen LogP contribution in [-0.2, 0) is 0 Å². The summed E-state index contributed by atoms with van der Waals surface area (Å²) in [5.41, 5.74) is 1.57. The molecule has 0 saturated carbocycles. The number of fused-ring (bicyclic) bond motifs is 1. The van der Waals surface area contributed by atoms with E-state index in [0.29, 0.717) is 28.9 Å². The predicted molar refractivity (Wildman–Crippen MR) is 98.2 cm³/mol. The van der Waals surface area contributed by atoms with Gasteiger partial charge < -0.3 is 10.4 Å². The molecule has 0 fully saturated rings. The van der Waals surface area contributed by atoms with Crippen LogP contribution in [-0.4, -0.2) is 32.7 Å². The molecule has 0 saturated heterocycles. The van der Waals surface area contributed by atoms with Crippen LogP contribution in [0.2, 0.25) is 0 Å². The fourth-order valence-corrected chi connectivity index (χ4v) is 2.56. The highest BCUT2D eigenvalue weighted by Crippen LogP contribution is 2.24. The van der Waals surface area contributed by atoms with Crippen molar-refractivity contribution in [2.45, 2.75) is 0 Å². The Labute approximate surface area is 148 Å². The normalized spacial score (nSPS) is 14.0. The number of pyridine rings is 2. The molecule has 0 amide bonds. The van der Waals surface area contributed by atoms with Crippen molar-refractivity contribution >= 4 is 29.3 Å². The second-order valence-electron chi connectivity index (χ2n) is 5.49. The summed E-state index contributed by atoms with van der Waals surface area (Å²) in [5.74, 6) is 1.09. The summed E-state index contributed by atoms with van der Waals surface area (Å²) in [4.78, 5) is 28.7. The number of aliphatic imine (C=N–C) groups is 2. The molecule has 7 heteroatoms. The maximum atomic E-state index is 11.3. The molecule has 4 rings (SSSR count). The second kappa shape index (κ2) is 6.56. The zero-order valence-electron chi connectivity index (χ0n) is 13.5. The molecule has 1 aliphatic rings. The van der Waals surface area contributed by atoms with E-state index in [1.165, 1.54) is 0 Å². The average Bonchev–Trinajstić information content (AvgIpc) is 3.00. The Bertz CT molecular complexity index is 1030. The van der Waals surface area contributed by atoms with Crippen LogP contribution in [0.1, 0.15) is 21.5 Å². The lowest BCUT2D eigenvalue weighted by Gasteiger charge is -2.06. The first-order valence-electron chi connectivity index (χ1n) is 7.85. The highest BCUT2D eigenvalue weighted by atomic mass is 16.4. The lowest BCUT2D eigenvalue weighted by atomic mass is 10.0. The third-order valence-electron chi connectivity index (χ3n) is 3.76. The Kier molecular flexibility index (Phi) is 3.95. The molecule has 1 aliphatic heterocycles. The van der Waals surface area contributed by atoms with Gasteiger partial charge in [0.05, 0.1) is 5.56 Å². The van der Waals surface area contributed by atoms with Crippen LogP contribution in [0, 0.1) is 0 Å². The zero-order valence-corrected chi connectivity index (χ0v) is 13.5. The number of anilines is 1. The molecule has 7 nitrogen and oxygen atoms in total. The molecule has 0 spiro atoms. The Balaban J connectivity index is 1.80. The van der Waals surface area contributed by atoms with E-state index in [0.717, 1.165) is 5.56 Å². The summed E-state index contributed by atoms with van der Waals surface area (Å²) >= 11 is 0. The molecule has 2 N–H and O–H groups in total. The van der Waals surface area contributed by atoms with E-state index < -0.39 is 5.97 Å². The first kappa shape index (κ1) is 15.6. The molecule has 1 aromatic carbocycles. The third-order valence-corrected chi connectivity index (χ3v) is 3.76. The van der Waals surface area contributed by atoms with Crippen molar-refractivity contribution in [1.82, 2.24) is 9.97 Å². The predicted octanol–water partition coefficient (Wildman–Crippen LogP) is 3.13. The van der Waals surface area contributed by atoms with Gasteiger partial charge in [-0.05, 0) is 42.5 Å². The molecular weight excluding hydrogens is 330 g/mol. The fraction of sp³-hybridized carbons (Fsp3) is 0. The maximum Gasteiger partial charge on any atom is 0.335 e. The molecule has 2 aromatic heterocycles. The average molecular weight is 343 g/mol. The molecular formula is C19H13N5O2. The van der Waals surface area contributed by atoms with Crippen molar-refractivity contribution in [3.8, 4) is 0 Å². The number of rotatable bonds is 3. The van der Waals surface area contributed by atoms with Crippen LogP contribution in [0.15, 0.2) is 77.0 Å². The van der Waals surface area contributed by atoms with Crippen LogP contribution in [0.5, 0.6) is 0 Å². The van der Waals surface area contributed by atoms with E-state index in [4.69, 9.17) is 0 Å². The number of carbonyl (C=O) groups is 1. The van der Waals surface area contributed by atoms with Crippen molar-refractivity contribution in [3.05, 3.63) is 83.7 Å². The number of nitrogens with zero attached hydrogens (tertiary/aromatic N) is 4. The third kappa shape index (κ3) is 3.05. The molecule has 3 heterocycles. The molecule has 0 atom stereocenters. The molecule has 0 unspecified atom stereocenters. The van der Waals surface area contributed by atoms with E-state index in [9.17, 15) is 9.90 Å². The van der Waals surface area contributed by atoms with Gasteiger partial charge in [0.1, 0.15) is 11.7 Å². The number of nitrogens with one attached hydrogen (secondary N) is 1. The van der Waals surface area contributed by atoms with E-state index in [1.807, 2.05) is 24.3 Å². The molecule has 0 radical (unpaired) electrons. The van der Waals surface area contributed by atoms with Gasteiger partial charge in [0, 0.05) is 23.5 Å². The molecule has 26 heavy (non-hydrogen) atoms. The van der Waals surface area contributed by atoms with Crippen molar-refractivity contribution in [2.24, 2.45) is 9.98 Å². The molecule has 3 aromatic rings. The molecule has 0 bridgehead atoms. The van der Waals surface area contributed by atoms with Gasteiger partial charge in [-0.3, -0.25) is 0 Å². The quantitative estimate of drug-likeness (QED) is 0.761. The second-order valence-corrected chi connectivity index (χ2v) is 5.49.